The lowest BCUT2D eigenvalue weighted by molar-refractivity contribution is -0.134. The summed E-state index contributed by atoms with van der Waals surface area (Å²) in [4.78, 5) is 23.5. The molecule has 0 bridgehead atoms. The molecular formula is C24H29NO6. The van der Waals surface area contributed by atoms with Gasteiger partial charge in [-0.2, -0.15) is 0 Å². The van der Waals surface area contributed by atoms with Gasteiger partial charge >= 0.3 is 0 Å². The number of carboxylic acid groups (broad SMARTS) is 1. The van der Waals surface area contributed by atoms with E-state index >= 15 is 0 Å². The number of amides is 1. The maximum absolute atomic E-state index is 12.8. The van der Waals surface area contributed by atoms with Crippen LogP contribution in [0.3, 0.4) is 0 Å². The molecule has 1 spiro atoms. The van der Waals surface area contributed by atoms with Crippen LogP contribution < -0.4 is 0 Å². The molecule has 2 aliphatic rings. The van der Waals surface area contributed by atoms with Gasteiger partial charge in [-0.15, -0.1) is 0 Å². The first-order valence-corrected chi connectivity index (χ1v) is 10.3. The Bertz CT molecular complexity index is 896. The molecule has 7 heteroatoms. The van der Waals surface area contributed by atoms with E-state index in [2.05, 4.69) is 0 Å². The summed E-state index contributed by atoms with van der Waals surface area (Å²) in [5.74, 6) is -0.782. The highest BCUT2D eigenvalue weighted by Crippen LogP contribution is 2.68. The summed E-state index contributed by atoms with van der Waals surface area (Å²) >= 11 is 0. The number of carbonyl (C=O) groups excluding carboxylic acids is 1. The summed E-state index contributed by atoms with van der Waals surface area (Å²) in [6, 6.07) is 17.3. The average Bonchev–Trinajstić information content (AvgIpc) is 3.29. The normalized spacial score (nSPS) is 26.3. The maximum atomic E-state index is 12.8. The summed E-state index contributed by atoms with van der Waals surface area (Å²) in [6.07, 6.45) is -0.352. The van der Waals surface area contributed by atoms with Crippen LogP contribution in [0.4, 0.5) is 0 Å². The number of carbonyl (C=O) groups is 2. The van der Waals surface area contributed by atoms with Crippen LogP contribution in [0.15, 0.2) is 54.6 Å². The second-order valence-electron chi connectivity index (χ2n) is 8.25. The molecule has 1 heterocycles. The van der Waals surface area contributed by atoms with E-state index in [4.69, 9.17) is 15.0 Å². The number of rotatable bonds is 5. The standard InChI is InChI=1S/C22H25NO4.C2H4O2/c24-12-16-8-6-15(7-9-16)10-20(27)23-11-19(26)22(14-23)18(13-25)21(22)17-4-2-1-3-5-17;1-2(3)4/h1-9,18-19,21,24-26H,10-14H2;1H3,(H,3,4)/t18-,19+,21-,22-;/m1./s1. The Morgan fingerprint density at radius 2 is 1.61 bits per heavy atom. The first kappa shape index (κ1) is 22.9. The number of aliphatic carboxylic acids is 1. The lowest BCUT2D eigenvalue weighted by Crippen LogP contribution is -2.31. The molecule has 4 atom stereocenters. The van der Waals surface area contributed by atoms with Crippen LogP contribution in [-0.4, -0.2) is 63.0 Å². The second kappa shape index (κ2) is 9.60. The predicted octanol–water partition coefficient (Wildman–Crippen LogP) is 1.41. The largest absolute Gasteiger partial charge is 0.481 e. The molecule has 1 saturated heterocycles. The van der Waals surface area contributed by atoms with Crippen molar-refractivity contribution < 1.29 is 30.0 Å². The molecule has 166 valence electrons. The van der Waals surface area contributed by atoms with E-state index in [1.54, 1.807) is 4.90 Å². The van der Waals surface area contributed by atoms with Gasteiger partial charge in [0.15, 0.2) is 0 Å². The number of likely N-dealkylation sites (tertiary alicyclic amines) is 1. The van der Waals surface area contributed by atoms with Gasteiger partial charge < -0.3 is 25.3 Å². The molecule has 0 unspecified atom stereocenters. The van der Waals surface area contributed by atoms with E-state index in [0.717, 1.165) is 23.6 Å². The lowest BCUT2D eigenvalue weighted by atomic mass is 9.95. The van der Waals surface area contributed by atoms with Crippen molar-refractivity contribution >= 4 is 11.9 Å². The zero-order chi connectivity index (χ0) is 22.6. The third-order valence-electron chi connectivity index (χ3n) is 6.31. The van der Waals surface area contributed by atoms with E-state index in [1.165, 1.54) is 0 Å². The molecule has 1 aliphatic heterocycles. The van der Waals surface area contributed by atoms with Crippen molar-refractivity contribution in [2.75, 3.05) is 19.7 Å². The first-order valence-electron chi connectivity index (χ1n) is 10.3. The molecule has 1 aliphatic carbocycles. The molecule has 2 aromatic carbocycles. The number of benzene rings is 2. The van der Waals surface area contributed by atoms with Gasteiger partial charge in [0.25, 0.3) is 5.97 Å². The van der Waals surface area contributed by atoms with Crippen LogP contribution in [0.2, 0.25) is 0 Å². The highest BCUT2D eigenvalue weighted by atomic mass is 16.4. The topological polar surface area (TPSA) is 118 Å². The molecule has 2 fully saturated rings. The molecule has 2 aromatic rings. The second-order valence-corrected chi connectivity index (χ2v) is 8.25. The molecule has 0 aromatic heterocycles. The Balaban J connectivity index is 0.000000628. The predicted molar refractivity (Wildman–Crippen MR) is 114 cm³/mol. The van der Waals surface area contributed by atoms with Crippen molar-refractivity contribution in [2.45, 2.75) is 32.0 Å². The first-order chi connectivity index (χ1) is 14.8. The monoisotopic (exact) mass is 427 g/mol. The maximum Gasteiger partial charge on any atom is 0.300 e. The molecule has 31 heavy (non-hydrogen) atoms. The van der Waals surface area contributed by atoms with Crippen LogP contribution in [0, 0.1) is 11.3 Å². The highest BCUT2D eigenvalue weighted by molar-refractivity contribution is 5.79. The number of hydrogen-bond donors (Lipinski definition) is 4. The zero-order valence-electron chi connectivity index (χ0n) is 17.5. The minimum absolute atomic E-state index is 0.0152. The Hall–Kier alpha value is -2.74. The van der Waals surface area contributed by atoms with Gasteiger partial charge in [0.2, 0.25) is 5.91 Å². The van der Waals surface area contributed by atoms with Crippen molar-refractivity contribution in [3.8, 4) is 0 Å². The van der Waals surface area contributed by atoms with E-state index in [9.17, 15) is 15.0 Å². The minimum atomic E-state index is -0.833. The highest BCUT2D eigenvalue weighted by Gasteiger charge is 2.71. The molecule has 4 rings (SSSR count). The van der Waals surface area contributed by atoms with Gasteiger partial charge in [0, 0.05) is 32.0 Å². The number of aliphatic hydroxyl groups is 3. The summed E-state index contributed by atoms with van der Waals surface area (Å²) in [7, 11) is 0. The fraction of sp³-hybridized carbons (Fsp3) is 0.417. The summed E-state index contributed by atoms with van der Waals surface area (Å²) in [5.41, 5.74) is 2.38. The number of nitrogens with zero attached hydrogens (tertiary/aromatic N) is 1. The van der Waals surface area contributed by atoms with Crippen LogP contribution in [-0.2, 0) is 22.6 Å². The van der Waals surface area contributed by atoms with E-state index in [1.807, 2.05) is 54.6 Å². The third-order valence-corrected chi connectivity index (χ3v) is 6.31. The average molecular weight is 427 g/mol. The summed E-state index contributed by atoms with van der Waals surface area (Å²) in [5, 5.41) is 37.2. The van der Waals surface area contributed by atoms with Crippen LogP contribution >= 0.6 is 0 Å². The third kappa shape index (κ3) is 4.79. The van der Waals surface area contributed by atoms with Crippen LogP contribution in [0.5, 0.6) is 0 Å². The Labute approximate surface area is 181 Å². The zero-order valence-corrected chi connectivity index (χ0v) is 17.5. The molecular weight excluding hydrogens is 398 g/mol. The van der Waals surface area contributed by atoms with Crippen LogP contribution in [0.1, 0.15) is 29.5 Å². The van der Waals surface area contributed by atoms with E-state index in [-0.39, 0.29) is 37.4 Å². The van der Waals surface area contributed by atoms with Crippen molar-refractivity contribution in [1.29, 1.82) is 0 Å². The number of β-amino-alcohol motifs (C(OH)–C–C–N with tert-alkyl or cyclic N) is 1. The van der Waals surface area contributed by atoms with E-state index in [0.29, 0.717) is 13.1 Å². The van der Waals surface area contributed by atoms with Gasteiger partial charge in [0.05, 0.1) is 19.1 Å². The summed E-state index contributed by atoms with van der Waals surface area (Å²) in [6.45, 7) is 1.87. The molecule has 7 nitrogen and oxygen atoms in total. The number of carboxylic acids is 1. The minimum Gasteiger partial charge on any atom is -0.481 e. The van der Waals surface area contributed by atoms with Gasteiger partial charge in [-0.25, -0.2) is 0 Å². The smallest absolute Gasteiger partial charge is 0.300 e. The van der Waals surface area contributed by atoms with Crippen LogP contribution in [0.25, 0.3) is 0 Å². The fourth-order valence-electron chi connectivity index (χ4n) is 4.81. The van der Waals surface area contributed by atoms with Crippen molar-refractivity contribution in [2.24, 2.45) is 11.3 Å². The Morgan fingerprint density at radius 1 is 1.03 bits per heavy atom. The Morgan fingerprint density at radius 3 is 2.16 bits per heavy atom. The summed E-state index contributed by atoms with van der Waals surface area (Å²) < 4.78 is 0. The lowest BCUT2D eigenvalue weighted by Gasteiger charge is -2.17. The fourth-order valence-corrected chi connectivity index (χ4v) is 4.81. The van der Waals surface area contributed by atoms with Crippen molar-refractivity contribution in [3.05, 3.63) is 71.3 Å². The van der Waals surface area contributed by atoms with Gasteiger partial charge in [-0.05, 0) is 28.5 Å². The molecule has 1 saturated carbocycles. The van der Waals surface area contributed by atoms with Gasteiger partial charge in [0.1, 0.15) is 0 Å². The quantitative estimate of drug-likeness (QED) is 0.573. The molecule has 4 N–H and O–H groups in total. The van der Waals surface area contributed by atoms with E-state index < -0.39 is 17.5 Å². The Kier molecular flexibility index (Phi) is 7.10. The number of aliphatic hydroxyl groups excluding tert-OH is 3. The number of hydrogen-bond acceptors (Lipinski definition) is 5. The van der Waals surface area contributed by atoms with Gasteiger partial charge in [-0.3, -0.25) is 9.59 Å². The molecule has 1 amide bonds. The van der Waals surface area contributed by atoms with Crippen molar-refractivity contribution in [1.82, 2.24) is 4.90 Å². The molecule has 0 radical (unpaired) electrons. The van der Waals surface area contributed by atoms with Crippen molar-refractivity contribution in [3.63, 3.8) is 0 Å². The SMILES string of the molecule is CC(=O)O.O=C(Cc1ccc(CO)cc1)N1C[C@H](O)[C@@]2(C1)[C@H](CO)[C@H]2c1ccccc1. The van der Waals surface area contributed by atoms with Gasteiger partial charge in [-0.1, -0.05) is 54.6 Å².